The molecule has 0 aromatic heterocycles. The largest absolute Gasteiger partial charge is 0.451 e. The van der Waals surface area contributed by atoms with Crippen LogP contribution in [0.1, 0.15) is 13.8 Å². The molecule has 0 unspecified atom stereocenters. The minimum Gasteiger partial charge on any atom is -0.451 e. The van der Waals surface area contributed by atoms with Gasteiger partial charge < -0.3 is 15.2 Å². The Kier molecular flexibility index (Phi) is 8.22. The van der Waals surface area contributed by atoms with Crippen molar-refractivity contribution in [2.45, 2.75) is 37.0 Å². The van der Waals surface area contributed by atoms with E-state index in [1.54, 1.807) is 0 Å². The average Bonchev–Trinajstić information content (AvgIpc) is 2.57. The van der Waals surface area contributed by atoms with Crippen molar-refractivity contribution in [2.75, 3.05) is 6.54 Å². The summed E-state index contributed by atoms with van der Waals surface area (Å²) in [5.41, 5.74) is 0. The predicted octanol–water partition coefficient (Wildman–Crippen LogP) is 0.602. The second kappa shape index (κ2) is 9.67. The van der Waals surface area contributed by atoms with Gasteiger partial charge in [-0.25, -0.2) is 8.42 Å². The molecule has 0 saturated heterocycles. The van der Waals surface area contributed by atoms with Crippen molar-refractivity contribution in [1.29, 1.82) is 0 Å². The molecule has 0 fully saturated rings. The minimum atomic E-state index is -4.12. The standard InChI is InChI=1S/C16H21ClN2O6S/c1-4-9-18-15(21)11(3)25-16(22)14(10(2)20)19-26(23,24)13-7-5-12(17)6-8-13/h4-8,10-11,14,19-20H,1,9H2,2-3H3,(H,18,21)/t10-,11+,14+/m1/s1. The third-order valence-corrected chi connectivity index (χ3v) is 4.93. The number of sulfonamides is 1. The van der Waals surface area contributed by atoms with E-state index >= 15 is 0 Å². The highest BCUT2D eigenvalue weighted by Crippen LogP contribution is 2.15. The Labute approximate surface area is 157 Å². The summed E-state index contributed by atoms with van der Waals surface area (Å²) in [6, 6.07) is 3.65. The van der Waals surface area contributed by atoms with Crippen LogP contribution in [0, 0.1) is 0 Å². The molecule has 0 spiro atoms. The van der Waals surface area contributed by atoms with Crippen LogP contribution in [-0.2, 0) is 24.3 Å². The van der Waals surface area contributed by atoms with Crippen LogP contribution in [0.2, 0.25) is 5.02 Å². The van der Waals surface area contributed by atoms with Crippen LogP contribution in [0.15, 0.2) is 41.8 Å². The fourth-order valence-corrected chi connectivity index (χ4v) is 3.19. The maximum atomic E-state index is 12.4. The first-order valence-corrected chi connectivity index (χ1v) is 9.49. The molecule has 8 nitrogen and oxygen atoms in total. The summed E-state index contributed by atoms with van der Waals surface area (Å²) in [6.45, 7) is 6.17. The van der Waals surface area contributed by atoms with E-state index < -0.39 is 40.1 Å². The molecule has 26 heavy (non-hydrogen) atoms. The first kappa shape index (κ1) is 22.1. The maximum Gasteiger partial charge on any atom is 0.327 e. The molecule has 10 heteroatoms. The van der Waals surface area contributed by atoms with E-state index in [1.165, 1.54) is 44.2 Å². The normalized spacial score (nSPS) is 14.8. The molecule has 3 N–H and O–H groups in total. The van der Waals surface area contributed by atoms with Crippen molar-refractivity contribution in [3.63, 3.8) is 0 Å². The lowest BCUT2D eigenvalue weighted by atomic mass is 10.2. The number of ether oxygens (including phenoxy) is 1. The number of amides is 1. The summed E-state index contributed by atoms with van der Waals surface area (Å²) in [6.07, 6.45) is -1.12. The Morgan fingerprint density at radius 1 is 1.31 bits per heavy atom. The Morgan fingerprint density at radius 3 is 2.38 bits per heavy atom. The van der Waals surface area contributed by atoms with E-state index in [2.05, 4.69) is 16.6 Å². The van der Waals surface area contributed by atoms with Crippen LogP contribution in [-0.4, -0.2) is 50.2 Å². The van der Waals surface area contributed by atoms with Crippen molar-refractivity contribution >= 4 is 33.5 Å². The number of nitrogens with one attached hydrogen (secondary N) is 2. The van der Waals surface area contributed by atoms with Gasteiger partial charge in [-0.05, 0) is 38.1 Å². The van der Waals surface area contributed by atoms with E-state index in [1.807, 2.05) is 0 Å². The topological polar surface area (TPSA) is 122 Å². The van der Waals surface area contributed by atoms with Crippen LogP contribution in [0.5, 0.6) is 0 Å². The molecule has 3 atom stereocenters. The van der Waals surface area contributed by atoms with Gasteiger partial charge >= 0.3 is 5.97 Å². The number of benzene rings is 1. The first-order valence-electron chi connectivity index (χ1n) is 7.63. The quantitative estimate of drug-likeness (QED) is 0.409. The summed E-state index contributed by atoms with van der Waals surface area (Å²) in [5.74, 6) is -1.66. The summed E-state index contributed by atoms with van der Waals surface area (Å²) in [4.78, 5) is 23.8. The molecular formula is C16H21ClN2O6S. The van der Waals surface area contributed by atoms with E-state index in [0.29, 0.717) is 5.02 Å². The van der Waals surface area contributed by atoms with E-state index in [-0.39, 0.29) is 11.4 Å². The van der Waals surface area contributed by atoms with Gasteiger partial charge in [0, 0.05) is 11.6 Å². The van der Waals surface area contributed by atoms with Crippen molar-refractivity contribution < 1.29 is 27.9 Å². The number of halogens is 1. The highest BCUT2D eigenvalue weighted by atomic mass is 35.5. The van der Waals surface area contributed by atoms with Crippen molar-refractivity contribution in [1.82, 2.24) is 10.0 Å². The molecule has 144 valence electrons. The lowest BCUT2D eigenvalue weighted by molar-refractivity contribution is -0.158. The van der Waals surface area contributed by atoms with Crippen LogP contribution in [0.4, 0.5) is 0 Å². The van der Waals surface area contributed by atoms with Crippen LogP contribution < -0.4 is 10.0 Å². The monoisotopic (exact) mass is 404 g/mol. The molecule has 1 rings (SSSR count). The molecule has 1 amide bonds. The van der Waals surface area contributed by atoms with Gasteiger partial charge in [-0.15, -0.1) is 6.58 Å². The molecule has 0 aliphatic carbocycles. The highest BCUT2D eigenvalue weighted by Gasteiger charge is 2.32. The van der Waals surface area contributed by atoms with Crippen molar-refractivity contribution in [3.8, 4) is 0 Å². The van der Waals surface area contributed by atoms with Gasteiger partial charge in [0.1, 0.15) is 6.04 Å². The third-order valence-electron chi connectivity index (χ3n) is 3.23. The molecular weight excluding hydrogens is 384 g/mol. The molecule has 0 radical (unpaired) electrons. The van der Waals surface area contributed by atoms with Gasteiger partial charge in [-0.2, -0.15) is 4.72 Å². The van der Waals surface area contributed by atoms with Crippen LogP contribution in [0.3, 0.4) is 0 Å². The number of aliphatic hydroxyl groups excluding tert-OH is 1. The van der Waals surface area contributed by atoms with E-state index in [0.717, 1.165) is 0 Å². The van der Waals surface area contributed by atoms with Gasteiger partial charge in [-0.3, -0.25) is 9.59 Å². The summed E-state index contributed by atoms with van der Waals surface area (Å²) in [7, 11) is -4.12. The van der Waals surface area contributed by atoms with Crippen molar-refractivity contribution in [3.05, 3.63) is 41.9 Å². The number of carbonyl (C=O) groups is 2. The van der Waals surface area contributed by atoms with Gasteiger partial charge in [0.25, 0.3) is 5.91 Å². The van der Waals surface area contributed by atoms with Crippen LogP contribution >= 0.6 is 11.6 Å². The Bertz CT molecular complexity index is 749. The smallest absolute Gasteiger partial charge is 0.327 e. The second-order valence-electron chi connectivity index (χ2n) is 5.41. The predicted molar refractivity (Wildman–Crippen MR) is 96.0 cm³/mol. The van der Waals surface area contributed by atoms with E-state index in [9.17, 15) is 23.1 Å². The Hall–Kier alpha value is -1.94. The number of aliphatic hydroxyl groups is 1. The summed E-state index contributed by atoms with van der Waals surface area (Å²) < 4.78 is 31.7. The lowest BCUT2D eigenvalue weighted by Crippen LogP contribution is -2.50. The van der Waals surface area contributed by atoms with Gasteiger partial charge in [0.2, 0.25) is 10.0 Å². The number of hydrogen-bond donors (Lipinski definition) is 3. The zero-order valence-electron chi connectivity index (χ0n) is 14.3. The lowest BCUT2D eigenvalue weighted by Gasteiger charge is -2.22. The number of esters is 1. The zero-order chi connectivity index (χ0) is 19.9. The fraction of sp³-hybridized carbons (Fsp3) is 0.375. The summed E-state index contributed by atoms with van der Waals surface area (Å²) in [5, 5.41) is 12.5. The highest BCUT2D eigenvalue weighted by molar-refractivity contribution is 7.89. The zero-order valence-corrected chi connectivity index (χ0v) is 15.9. The number of carbonyl (C=O) groups excluding carboxylic acids is 2. The second-order valence-corrected chi connectivity index (χ2v) is 7.56. The third kappa shape index (κ3) is 6.41. The maximum absolute atomic E-state index is 12.4. The molecule has 0 aliphatic heterocycles. The molecule has 0 bridgehead atoms. The molecule has 0 aliphatic rings. The molecule has 0 heterocycles. The SMILES string of the molecule is C=CCNC(=O)[C@H](C)OC(=O)[C@@H](NS(=O)(=O)c1ccc(Cl)cc1)[C@@H](C)O. The first-order chi connectivity index (χ1) is 12.1. The van der Waals surface area contributed by atoms with Crippen LogP contribution in [0.25, 0.3) is 0 Å². The Balaban J connectivity index is 2.87. The number of rotatable bonds is 9. The Morgan fingerprint density at radius 2 is 1.88 bits per heavy atom. The molecule has 0 saturated carbocycles. The average molecular weight is 405 g/mol. The van der Waals surface area contributed by atoms with Gasteiger partial charge in [0.15, 0.2) is 6.10 Å². The fourth-order valence-electron chi connectivity index (χ4n) is 1.81. The molecule has 1 aromatic carbocycles. The summed E-state index contributed by atoms with van der Waals surface area (Å²) >= 11 is 5.72. The minimum absolute atomic E-state index is 0.142. The van der Waals surface area contributed by atoms with E-state index in [4.69, 9.17) is 16.3 Å². The van der Waals surface area contributed by atoms with Crippen molar-refractivity contribution in [2.24, 2.45) is 0 Å². The van der Waals surface area contributed by atoms with Gasteiger partial charge in [-0.1, -0.05) is 17.7 Å². The number of hydrogen-bond acceptors (Lipinski definition) is 6. The molecule has 1 aromatic rings. The van der Waals surface area contributed by atoms with Gasteiger partial charge in [0.05, 0.1) is 11.0 Å².